The van der Waals surface area contributed by atoms with Gasteiger partial charge in [0, 0.05) is 5.38 Å². The predicted octanol–water partition coefficient (Wildman–Crippen LogP) is 1.02. The van der Waals surface area contributed by atoms with Crippen molar-refractivity contribution in [2.75, 3.05) is 0 Å². The molecule has 0 unspecified atom stereocenters. The summed E-state index contributed by atoms with van der Waals surface area (Å²) in [6, 6.07) is 0. The van der Waals surface area contributed by atoms with Crippen molar-refractivity contribution in [3.63, 3.8) is 0 Å². The highest BCUT2D eigenvalue weighted by molar-refractivity contribution is 8.00. The van der Waals surface area contributed by atoms with E-state index in [4.69, 9.17) is 16.7 Å². The molecule has 0 saturated carbocycles. The van der Waals surface area contributed by atoms with Crippen molar-refractivity contribution >= 4 is 40.7 Å². The third kappa shape index (κ3) is 2.68. The van der Waals surface area contributed by atoms with Gasteiger partial charge in [0.1, 0.15) is 11.7 Å². The predicted molar refractivity (Wildman–Crippen MR) is 56.7 cm³/mol. The molecule has 2 heterocycles. The first kappa shape index (κ1) is 11.3. The van der Waals surface area contributed by atoms with E-state index in [2.05, 4.69) is 20.5 Å². The number of halogens is 1. The van der Waals surface area contributed by atoms with Crippen molar-refractivity contribution in [3.05, 3.63) is 10.5 Å². The van der Waals surface area contributed by atoms with E-state index >= 15 is 0 Å². The molecule has 0 radical (unpaired) electrons. The minimum atomic E-state index is -1.01. The van der Waals surface area contributed by atoms with Gasteiger partial charge in [-0.15, -0.1) is 16.4 Å². The summed E-state index contributed by atoms with van der Waals surface area (Å²) in [6.45, 7) is -0.283. The molecule has 0 saturated heterocycles. The average molecular weight is 278 g/mol. The van der Waals surface area contributed by atoms with Crippen molar-refractivity contribution in [2.24, 2.45) is 0 Å². The molecule has 16 heavy (non-hydrogen) atoms. The molecule has 0 aliphatic rings. The summed E-state index contributed by atoms with van der Waals surface area (Å²) in [4.78, 5) is 14.5. The van der Waals surface area contributed by atoms with E-state index in [1.54, 1.807) is 5.38 Å². The molecule has 2 rings (SSSR count). The maximum absolute atomic E-state index is 10.5. The van der Waals surface area contributed by atoms with E-state index in [0.29, 0.717) is 14.6 Å². The van der Waals surface area contributed by atoms with Crippen LogP contribution in [0.3, 0.4) is 0 Å². The number of aliphatic carboxylic acids is 1. The molecule has 2 aromatic rings. The zero-order valence-electron chi connectivity index (χ0n) is 7.57. The van der Waals surface area contributed by atoms with Crippen molar-refractivity contribution in [1.29, 1.82) is 0 Å². The Balaban J connectivity index is 2.15. The summed E-state index contributed by atoms with van der Waals surface area (Å²) >= 11 is 8.17. The van der Waals surface area contributed by atoms with Gasteiger partial charge in [-0.1, -0.05) is 11.6 Å². The van der Waals surface area contributed by atoms with E-state index < -0.39 is 5.97 Å². The lowest BCUT2D eigenvalue weighted by atomic mass is 10.7. The molecule has 0 amide bonds. The number of rotatable bonds is 4. The Labute approximate surface area is 102 Å². The van der Waals surface area contributed by atoms with Gasteiger partial charge >= 0.3 is 5.97 Å². The number of thiazole rings is 1. The van der Waals surface area contributed by atoms with Crippen LogP contribution in [0.1, 0.15) is 0 Å². The molecule has 0 fully saturated rings. The van der Waals surface area contributed by atoms with Crippen LogP contribution in [0.2, 0.25) is 5.15 Å². The fourth-order valence-corrected chi connectivity index (χ4v) is 2.73. The zero-order chi connectivity index (χ0) is 11.5. The van der Waals surface area contributed by atoms with Crippen LogP contribution in [-0.4, -0.2) is 36.3 Å². The van der Waals surface area contributed by atoms with Crippen LogP contribution in [0.5, 0.6) is 0 Å². The molecule has 10 heteroatoms. The topological polar surface area (TPSA) is 93.8 Å². The van der Waals surface area contributed by atoms with Crippen LogP contribution in [0.15, 0.2) is 14.9 Å². The van der Waals surface area contributed by atoms with Crippen LogP contribution in [-0.2, 0) is 11.3 Å². The van der Waals surface area contributed by atoms with E-state index in [9.17, 15) is 4.79 Å². The third-order valence-electron chi connectivity index (χ3n) is 1.42. The fourth-order valence-electron chi connectivity index (χ4n) is 0.861. The average Bonchev–Trinajstić information content (AvgIpc) is 2.77. The molecule has 7 nitrogen and oxygen atoms in total. The Morgan fingerprint density at radius 1 is 1.69 bits per heavy atom. The minimum Gasteiger partial charge on any atom is -0.480 e. The second-order valence-corrected chi connectivity index (χ2v) is 5.01. The summed E-state index contributed by atoms with van der Waals surface area (Å²) in [5, 5.41) is 21.7. The highest BCUT2D eigenvalue weighted by atomic mass is 35.5. The molecule has 0 bridgehead atoms. The lowest BCUT2D eigenvalue weighted by Gasteiger charge is -1.97. The monoisotopic (exact) mass is 277 g/mol. The third-order valence-corrected chi connectivity index (χ3v) is 3.65. The zero-order valence-corrected chi connectivity index (χ0v) is 9.96. The van der Waals surface area contributed by atoms with Crippen LogP contribution in [0.4, 0.5) is 0 Å². The van der Waals surface area contributed by atoms with Crippen LogP contribution in [0, 0.1) is 0 Å². The standard InChI is InChI=1S/C6H4ClN5O2S2/c7-3-2-15-6(8-3)16-5-9-10-11-12(5)1-4(13)14/h2H,1H2,(H,13,14). The quantitative estimate of drug-likeness (QED) is 0.891. The Bertz CT molecular complexity index is 512. The second-order valence-electron chi connectivity index (χ2n) is 2.55. The first-order valence-electron chi connectivity index (χ1n) is 3.92. The van der Waals surface area contributed by atoms with Gasteiger partial charge in [0.15, 0.2) is 4.34 Å². The highest BCUT2D eigenvalue weighted by Gasteiger charge is 2.12. The highest BCUT2D eigenvalue weighted by Crippen LogP contribution is 2.29. The van der Waals surface area contributed by atoms with Gasteiger partial charge in [0.2, 0.25) is 5.16 Å². The minimum absolute atomic E-state index is 0.283. The summed E-state index contributed by atoms with van der Waals surface area (Å²) in [7, 11) is 0. The van der Waals surface area contributed by atoms with Crippen molar-refractivity contribution in [2.45, 2.75) is 16.0 Å². The van der Waals surface area contributed by atoms with Gasteiger partial charge in [-0.25, -0.2) is 9.67 Å². The number of carboxylic acids is 1. The van der Waals surface area contributed by atoms with Gasteiger partial charge in [-0.2, -0.15) is 0 Å². The van der Waals surface area contributed by atoms with Crippen LogP contribution < -0.4 is 0 Å². The summed E-state index contributed by atoms with van der Waals surface area (Å²) in [6.07, 6.45) is 0. The van der Waals surface area contributed by atoms with Crippen LogP contribution >= 0.6 is 34.7 Å². The molecule has 1 N–H and O–H groups in total. The van der Waals surface area contributed by atoms with Crippen LogP contribution in [0.25, 0.3) is 0 Å². The van der Waals surface area contributed by atoms with E-state index in [1.807, 2.05) is 0 Å². The first-order chi connectivity index (χ1) is 7.65. The maximum Gasteiger partial charge on any atom is 0.325 e. The number of hydrogen-bond acceptors (Lipinski definition) is 7. The number of carbonyl (C=O) groups is 1. The largest absolute Gasteiger partial charge is 0.480 e. The molecule has 0 aromatic carbocycles. The normalized spacial score (nSPS) is 10.6. The lowest BCUT2D eigenvalue weighted by Crippen LogP contribution is -2.11. The molecular formula is C6H4ClN5O2S2. The molecule has 0 atom stereocenters. The first-order valence-corrected chi connectivity index (χ1v) is 5.99. The Hall–Kier alpha value is -1.19. The number of aromatic nitrogens is 5. The number of carboxylic acid groups (broad SMARTS) is 1. The Morgan fingerprint density at radius 2 is 2.50 bits per heavy atom. The lowest BCUT2D eigenvalue weighted by molar-refractivity contribution is -0.138. The number of tetrazole rings is 1. The van der Waals surface area contributed by atoms with Crippen molar-refractivity contribution in [1.82, 2.24) is 25.2 Å². The number of nitrogens with zero attached hydrogens (tertiary/aromatic N) is 5. The van der Waals surface area contributed by atoms with Gasteiger partial charge in [-0.05, 0) is 22.2 Å². The summed E-state index contributed by atoms with van der Waals surface area (Å²) in [5.41, 5.74) is 0. The Kier molecular flexibility index (Phi) is 3.36. The van der Waals surface area contributed by atoms with Gasteiger partial charge in [-0.3, -0.25) is 4.79 Å². The molecule has 0 aliphatic heterocycles. The smallest absolute Gasteiger partial charge is 0.325 e. The molecule has 0 spiro atoms. The molecule has 2 aromatic heterocycles. The number of hydrogen-bond donors (Lipinski definition) is 1. The summed E-state index contributed by atoms with van der Waals surface area (Å²) < 4.78 is 1.84. The van der Waals surface area contributed by atoms with Crippen molar-refractivity contribution < 1.29 is 9.90 Å². The summed E-state index contributed by atoms with van der Waals surface area (Å²) in [5.74, 6) is -1.01. The van der Waals surface area contributed by atoms with E-state index in [-0.39, 0.29) is 6.54 Å². The molecule has 84 valence electrons. The van der Waals surface area contributed by atoms with Gasteiger partial charge in [0.05, 0.1) is 0 Å². The van der Waals surface area contributed by atoms with Crippen molar-refractivity contribution in [3.8, 4) is 0 Å². The van der Waals surface area contributed by atoms with E-state index in [0.717, 1.165) is 0 Å². The molecular weight excluding hydrogens is 274 g/mol. The Morgan fingerprint density at radius 3 is 3.12 bits per heavy atom. The second kappa shape index (κ2) is 4.76. The maximum atomic E-state index is 10.5. The fraction of sp³-hybridized carbons (Fsp3) is 0.167. The SMILES string of the molecule is O=C(O)Cn1nnnc1Sc1nc(Cl)cs1. The van der Waals surface area contributed by atoms with E-state index in [1.165, 1.54) is 27.8 Å². The van der Waals surface area contributed by atoms with Gasteiger partial charge < -0.3 is 5.11 Å². The molecule has 0 aliphatic carbocycles. The van der Waals surface area contributed by atoms with Gasteiger partial charge in [0.25, 0.3) is 0 Å².